The normalized spacial score (nSPS) is 16.5. The van der Waals surface area contributed by atoms with Crippen LogP contribution in [0, 0.1) is 0 Å². The molecule has 0 heterocycles. The van der Waals surface area contributed by atoms with E-state index in [0.717, 1.165) is 22.1 Å². The summed E-state index contributed by atoms with van der Waals surface area (Å²) < 4.78 is 5.81. The third-order valence-electron chi connectivity index (χ3n) is 4.71. The smallest absolute Gasteiger partial charge is 0.260 e. The molecule has 1 amide bonds. The summed E-state index contributed by atoms with van der Waals surface area (Å²) >= 11 is 2.00. The summed E-state index contributed by atoms with van der Waals surface area (Å²) in [4.78, 5) is 12.2. The van der Waals surface area contributed by atoms with E-state index in [1.807, 2.05) is 42.1 Å². The molecule has 4 heteroatoms. The number of hydrogen-bond acceptors (Lipinski definition) is 3. The number of benzene rings is 2. The zero-order chi connectivity index (χ0) is 17.5. The average molecular weight is 358 g/mol. The van der Waals surface area contributed by atoms with Crippen molar-refractivity contribution in [2.24, 2.45) is 0 Å². The Morgan fingerprint density at radius 1 is 1.16 bits per heavy atom. The molecule has 0 bridgehead atoms. The summed E-state index contributed by atoms with van der Waals surface area (Å²) in [7, 11) is 0. The number of carbonyl (C=O) groups is 1. The van der Waals surface area contributed by atoms with Gasteiger partial charge in [-0.05, 0) is 42.7 Å². The van der Waals surface area contributed by atoms with Gasteiger partial charge in [-0.3, -0.25) is 4.79 Å². The molecule has 134 valence electrons. The lowest BCUT2D eigenvalue weighted by molar-refractivity contribution is -0.127. The van der Waals surface area contributed by atoms with Gasteiger partial charge in [0.25, 0.3) is 5.91 Å². The Kier molecular flexibility index (Phi) is 6.62. The van der Waals surface area contributed by atoms with E-state index >= 15 is 0 Å². The number of thioether (sulfide) groups is 1. The van der Waals surface area contributed by atoms with Crippen LogP contribution in [0.1, 0.15) is 39.0 Å². The van der Waals surface area contributed by atoms with Crippen LogP contribution in [0.25, 0.3) is 10.8 Å². The van der Waals surface area contributed by atoms with Crippen LogP contribution in [0.3, 0.4) is 0 Å². The molecule has 3 rings (SSSR count). The van der Waals surface area contributed by atoms with E-state index in [-0.39, 0.29) is 5.91 Å². The highest BCUT2D eigenvalue weighted by molar-refractivity contribution is 7.99. The fourth-order valence-electron chi connectivity index (χ4n) is 3.27. The van der Waals surface area contributed by atoms with Crippen molar-refractivity contribution in [3.63, 3.8) is 0 Å². The van der Waals surface area contributed by atoms with Gasteiger partial charge in [-0.15, -0.1) is 0 Å². The van der Waals surface area contributed by atoms with E-state index in [0.29, 0.717) is 6.54 Å². The number of hydrogen-bond donors (Lipinski definition) is 1. The van der Waals surface area contributed by atoms with Crippen molar-refractivity contribution < 1.29 is 9.53 Å². The first-order valence-electron chi connectivity index (χ1n) is 9.27. The first kappa shape index (κ1) is 18.1. The SMILES string of the molecule is C[C@@H](Oc1ccc2ccccc2c1)C(=O)NCCSC1CCCCC1. The predicted octanol–water partition coefficient (Wildman–Crippen LogP) is 4.79. The maximum Gasteiger partial charge on any atom is 0.260 e. The Morgan fingerprint density at radius 2 is 1.92 bits per heavy atom. The molecular formula is C21H27NO2S. The van der Waals surface area contributed by atoms with Crippen LogP contribution in [-0.2, 0) is 4.79 Å². The molecule has 1 atom stereocenters. The number of nitrogens with one attached hydrogen (secondary N) is 1. The fourth-order valence-corrected chi connectivity index (χ4v) is 4.49. The Hall–Kier alpha value is -1.68. The van der Waals surface area contributed by atoms with Gasteiger partial charge < -0.3 is 10.1 Å². The summed E-state index contributed by atoms with van der Waals surface area (Å²) in [6.45, 7) is 2.52. The highest BCUT2D eigenvalue weighted by Crippen LogP contribution is 2.27. The molecule has 1 saturated carbocycles. The van der Waals surface area contributed by atoms with Crippen molar-refractivity contribution >= 4 is 28.4 Å². The molecule has 1 fully saturated rings. The van der Waals surface area contributed by atoms with Gasteiger partial charge in [0.1, 0.15) is 5.75 Å². The van der Waals surface area contributed by atoms with E-state index in [9.17, 15) is 4.79 Å². The van der Waals surface area contributed by atoms with Crippen LogP contribution in [0.2, 0.25) is 0 Å². The zero-order valence-electron chi connectivity index (χ0n) is 14.9. The van der Waals surface area contributed by atoms with E-state index in [1.54, 1.807) is 6.92 Å². The number of rotatable bonds is 7. The number of ether oxygens (including phenoxy) is 1. The summed E-state index contributed by atoms with van der Waals surface area (Å²) in [5.41, 5.74) is 0. The second-order valence-electron chi connectivity index (χ2n) is 6.69. The van der Waals surface area contributed by atoms with Gasteiger partial charge in [0, 0.05) is 17.5 Å². The van der Waals surface area contributed by atoms with Crippen LogP contribution >= 0.6 is 11.8 Å². The quantitative estimate of drug-likeness (QED) is 0.724. The lowest BCUT2D eigenvalue weighted by Crippen LogP contribution is -2.37. The van der Waals surface area contributed by atoms with E-state index < -0.39 is 6.10 Å². The van der Waals surface area contributed by atoms with Crippen molar-refractivity contribution in [3.05, 3.63) is 42.5 Å². The molecule has 0 aliphatic heterocycles. The fraction of sp³-hybridized carbons (Fsp3) is 0.476. The van der Waals surface area contributed by atoms with Crippen molar-refractivity contribution in [1.82, 2.24) is 5.32 Å². The van der Waals surface area contributed by atoms with Gasteiger partial charge in [-0.1, -0.05) is 49.6 Å². The van der Waals surface area contributed by atoms with Crippen LogP contribution < -0.4 is 10.1 Å². The van der Waals surface area contributed by atoms with Crippen molar-refractivity contribution in [3.8, 4) is 5.75 Å². The zero-order valence-corrected chi connectivity index (χ0v) is 15.7. The van der Waals surface area contributed by atoms with Crippen LogP contribution in [-0.4, -0.2) is 29.6 Å². The highest BCUT2D eigenvalue weighted by Gasteiger charge is 2.16. The Labute approximate surface area is 154 Å². The van der Waals surface area contributed by atoms with Crippen molar-refractivity contribution in [2.75, 3.05) is 12.3 Å². The largest absolute Gasteiger partial charge is 0.481 e. The molecule has 1 aliphatic carbocycles. The standard InChI is InChI=1S/C21H27NO2S/c1-16(21(23)22-13-14-25-20-9-3-2-4-10-20)24-19-12-11-17-7-5-6-8-18(17)15-19/h5-8,11-12,15-16,20H,2-4,9-10,13-14H2,1H3,(H,22,23)/t16-/m1/s1. The summed E-state index contributed by atoms with van der Waals surface area (Å²) in [6.07, 6.45) is 6.29. The van der Waals surface area contributed by atoms with Gasteiger partial charge in [-0.25, -0.2) is 0 Å². The van der Waals surface area contributed by atoms with Gasteiger partial charge in [0.15, 0.2) is 6.10 Å². The number of fused-ring (bicyclic) bond motifs is 1. The Bertz CT molecular complexity index is 697. The minimum Gasteiger partial charge on any atom is -0.481 e. The molecule has 0 aromatic heterocycles. The monoisotopic (exact) mass is 357 g/mol. The maximum absolute atomic E-state index is 12.2. The summed E-state index contributed by atoms with van der Waals surface area (Å²) in [6, 6.07) is 14.1. The van der Waals surface area contributed by atoms with Crippen molar-refractivity contribution in [2.45, 2.75) is 50.4 Å². The summed E-state index contributed by atoms with van der Waals surface area (Å²) in [5, 5.41) is 6.08. The molecule has 1 aliphatic rings. The minimum atomic E-state index is -0.485. The molecule has 1 N–H and O–H groups in total. The van der Waals surface area contributed by atoms with Gasteiger partial charge >= 0.3 is 0 Å². The maximum atomic E-state index is 12.2. The summed E-state index contributed by atoms with van der Waals surface area (Å²) in [5.74, 6) is 1.68. The first-order valence-corrected chi connectivity index (χ1v) is 10.3. The lowest BCUT2D eigenvalue weighted by Gasteiger charge is -2.21. The Balaban J connectivity index is 1.42. The van der Waals surface area contributed by atoms with E-state index in [2.05, 4.69) is 17.4 Å². The molecule has 0 spiro atoms. The van der Waals surface area contributed by atoms with E-state index in [1.165, 1.54) is 37.5 Å². The molecule has 0 unspecified atom stereocenters. The van der Waals surface area contributed by atoms with Crippen LogP contribution in [0.4, 0.5) is 0 Å². The Morgan fingerprint density at radius 3 is 2.72 bits per heavy atom. The van der Waals surface area contributed by atoms with E-state index in [4.69, 9.17) is 4.74 Å². The third kappa shape index (κ3) is 5.40. The van der Waals surface area contributed by atoms with Crippen LogP contribution in [0.15, 0.2) is 42.5 Å². The molecule has 2 aromatic rings. The van der Waals surface area contributed by atoms with Gasteiger partial charge in [0.05, 0.1) is 0 Å². The minimum absolute atomic E-state index is 0.0441. The van der Waals surface area contributed by atoms with Crippen LogP contribution in [0.5, 0.6) is 5.75 Å². The topological polar surface area (TPSA) is 38.3 Å². The molecule has 0 radical (unpaired) electrons. The molecule has 2 aromatic carbocycles. The molecular weight excluding hydrogens is 330 g/mol. The highest BCUT2D eigenvalue weighted by atomic mass is 32.2. The number of amides is 1. The lowest BCUT2D eigenvalue weighted by atomic mass is 10.0. The first-order chi connectivity index (χ1) is 12.2. The van der Waals surface area contributed by atoms with Crippen molar-refractivity contribution in [1.29, 1.82) is 0 Å². The molecule has 3 nitrogen and oxygen atoms in total. The molecule has 0 saturated heterocycles. The average Bonchev–Trinajstić information content (AvgIpc) is 2.65. The second-order valence-corrected chi connectivity index (χ2v) is 8.10. The van der Waals surface area contributed by atoms with Gasteiger partial charge in [-0.2, -0.15) is 11.8 Å². The molecule has 25 heavy (non-hydrogen) atoms. The predicted molar refractivity (Wildman–Crippen MR) is 106 cm³/mol. The number of carbonyl (C=O) groups excluding carboxylic acids is 1. The second kappa shape index (κ2) is 9.14. The van der Waals surface area contributed by atoms with Gasteiger partial charge in [0.2, 0.25) is 0 Å². The third-order valence-corrected chi connectivity index (χ3v) is 6.09.